The molecule has 5 rings (SSSR count). The first-order valence-corrected chi connectivity index (χ1v) is 21.4. The summed E-state index contributed by atoms with van der Waals surface area (Å²) in [7, 11) is 5.38. The molecule has 14 heteroatoms. The van der Waals surface area contributed by atoms with Gasteiger partial charge in [0.2, 0.25) is 0 Å². The summed E-state index contributed by atoms with van der Waals surface area (Å²) >= 11 is 0. The average Bonchev–Trinajstić information content (AvgIpc) is 3.52. The summed E-state index contributed by atoms with van der Waals surface area (Å²) in [4.78, 5) is 29.3. The lowest BCUT2D eigenvalue weighted by Gasteiger charge is -2.49. The van der Waals surface area contributed by atoms with Gasteiger partial charge in [-0.05, 0) is 79.6 Å². The molecule has 4 heterocycles. The smallest absolute Gasteiger partial charge is 0.489 e. The Morgan fingerprint density at radius 3 is 2.24 bits per heavy atom. The molecule has 59 heavy (non-hydrogen) atoms. The number of hydrogen-bond acceptors (Lipinski definition) is 14. The molecule has 3 saturated heterocycles. The highest BCUT2D eigenvalue weighted by Crippen LogP contribution is 2.47. The maximum Gasteiger partial charge on any atom is 0.509 e. The maximum absolute atomic E-state index is 14.3. The van der Waals surface area contributed by atoms with Gasteiger partial charge in [-0.25, -0.2) is 4.79 Å². The van der Waals surface area contributed by atoms with Crippen LogP contribution in [0.3, 0.4) is 0 Å². The van der Waals surface area contributed by atoms with E-state index in [-0.39, 0.29) is 25.2 Å². The van der Waals surface area contributed by atoms with Crippen LogP contribution >= 0.6 is 0 Å². The van der Waals surface area contributed by atoms with Crippen LogP contribution in [0.25, 0.3) is 0 Å². The summed E-state index contributed by atoms with van der Waals surface area (Å²) in [6.45, 7) is 19.0. The molecule has 17 atom stereocenters. The molecular formula is C45H71NO13. The normalized spacial score (nSPS) is 42.2. The van der Waals surface area contributed by atoms with Crippen molar-refractivity contribution in [2.24, 2.45) is 23.7 Å². The van der Waals surface area contributed by atoms with Gasteiger partial charge in [0.25, 0.3) is 0 Å². The van der Waals surface area contributed by atoms with E-state index in [9.17, 15) is 19.8 Å². The van der Waals surface area contributed by atoms with E-state index in [4.69, 9.17) is 42.6 Å². The predicted molar refractivity (Wildman–Crippen MR) is 218 cm³/mol. The van der Waals surface area contributed by atoms with E-state index in [1.54, 1.807) is 13.8 Å². The van der Waals surface area contributed by atoms with Gasteiger partial charge in [-0.1, -0.05) is 58.0 Å². The van der Waals surface area contributed by atoms with Crippen LogP contribution in [-0.4, -0.2) is 127 Å². The molecule has 1 aromatic rings. The number of cyclic esters (lactones) is 1. The monoisotopic (exact) mass is 833 g/mol. The van der Waals surface area contributed by atoms with Crippen molar-refractivity contribution in [2.45, 2.75) is 180 Å². The van der Waals surface area contributed by atoms with Crippen molar-refractivity contribution in [1.82, 2.24) is 4.90 Å². The fourth-order valence-corrected chi connectivity index (χ4v) is 9.74. The highest BCUT2D eigenvalue weighted by molar-refractivity contribution is 5.73. The van der Waals surface area contributed by atoms with Crippen molar-refractivity contribution in [3.8, 4) is 0 Å². The number of hydrogen-bond donors (Lipinski definition) is 2. The Balaban J connectivity index is 1.49. The van der Waals surface area contributed by atoms with E-state index < -0.39 is 102 Å². The molecule has 3 fully saturated rings. The van der Waals surface area contributed by atoms with Crippen LogP contribution in [0.4, 0.5) is 4.79 Å². The third-order valence-electron chi connectivity index (χ3n) is 13.3. The quantitative estimate of drug-likeness (QED) is 0.259. The number of fused-ring (bicyclic) bond motifs is 2. The van der Waals surface area contributed by atoms with E-state index in [0.29, 0.717) is 25.0 Å². The number of benzene rings is 1. The Bertz CT molecular complexity index is 1590. The molecule has 4 aliphatic heterocycles. The van der Waals surface area contributed by atoms with E-state index >= 15 is 0 Å². The highest BCUT2D eigenvalue weighted by Gasteiger charge is 2.55. The second kappa shape index (κ2) is 19.5. The molecule has 0 unspecified atom stereocenters. The average molecular weight is 834 g/mol. The van der Waals surface area contributed by atoms with Crippen LogP contribution in [0.5, 0.6) is 0 Å². The van der Waals surface area contributed by atoms with Crippen molar-refractivity contribution in [2.75, 3.05) is 21.2 Å². The number of rotatable bonds is 10. The van der Waals surface area contributed by atoms with Crippen LogP contribution in [0, 0.1) is 23.7 Å². The van der Waals surface area contributed by atoms with Crippen molar-refractivity contribution in [3.05, 3.63) is 47.2 Å². The Morgan fingerprint density at radius 2 is 1.61 bits per heavy atom. The summed E-state index contributed by atoms with van der Waals surface area (Å²) in [6.07, 6.45) is -7.10. The molecule has 0 amide bonds. The summed E-state index contributed by atoms with van der Waals surface area (Å²) in [6, 6.07) is 9.08. The molecule has 0 aliphatic carbocycles. The highest BCUT2D eigenvalue weighted by atomic mass is 16.8. The van der Waals surface area contributed by atoms with Gasteiger partial charge in [0.15, 0.2) is 18.7 Å². The van der Waals surface area contributed by atoms with Crippen LogP contribution in [-0.2, 0) is 54.0 Å². The van der Waals surface area contributed by atoms with E-state index in [0.717, 1.165) is 11.1 Å². The zero-order chi connectivity index (χ0) is 43.6. The van der Waals surface area contributed by atoms with Crippen LogP contribution in [0.2, 0.25) is 0 Å². The lowest BCUT2D eigenvalue weighted by atomic mass is 9.79. The largest absolute Gasteiger partial charge is 0.509 e. The first-order chi connectivity index (χ1) is 27.7. The summed E-state index contributed by atoms with van der Waals surface area (Å²) in [5.74, 6) is -2.13. The number of nitrogens with zero attached hydrogens (tertiary/aromatic N) is 1. The number of likely N-dealkylation sites (N-methyl/N-ethyl adjacent to an activating group) is 1. The number of aliphatic hydroxyl groups excluding tert-OH is 2. The molecule has 0 saturated carbocycles. The molecule has 14 nitrogen and oxygen atoms in total. The zero-order valence-electron chi connectivity index (χ0n) is 37.4. The minimum atomic E-state index is -1.08. The number of esters is 1. The van der Waals surface area contributed by atoms with Gasteiger partial charge in [0.1, 0.15) is 41.9 Å². The number of carbonyl (C=O) groups is 2. The van der Waals surface area contributed by atoms with Crippen molar-refractivity contribution in [3.63, 3.8) is 0 Å². The van der Waals surface area contributed by atoms with Gasteiger partial charge in [-0.15, -0.1) is 0 Å². The molecule has 4 aliphatic rings. The Hall–Kier alpha value is -2.82. The maximum atomic E-state index is 14.3. The van der Waals surface area contributed by atoms with E-state index in [2.05, 4.69) is 0 Å². The number of ether oxygens (including phenoxy) is 9. The minimum absolute atomic E-state index is 0.0419. The topological polar surface area (TPSA) is 161 Å². The predicted octanol–water partition coefficient (Wildman–Crippen LogP) is 6.14. The molecule has 2 bridgehead atoms. The van der Waals surface area contributed by atoms with Gasteiger partial charge in [0.05, 0.1) is 30.3 Å². The van der Waals surface area contributed by atoms with Crippen molar-refractivity contribution >= 4 is 12.1 Å². The van der Waals surface area contributed by atoms with Gasteiger partial charge in [-0.3, -0.25) is 4.79 Å². The Kier molecular flexibility index (Phi) is 15.6. The SMILES string of the molecule is CC[C@@H]1OC(=O)[C@H](C)[C@H](O[C@H]2C[C@@](C)(OC)[C@@H](OC(=O)OCc3ccccc3)[C@H](C)O2)[C@H](C)[C@@H](O[C@@H]2O[C@H](C)C[C@H](N(C)C)[C@H]2O)[C@]2(C)CC(C)=C(O2)[C@@H](C)[C@@H](O)[C@H]1C. The lowest BCUT2D eigenvalue weighted by Crippen LogP contribution is -2.60. The van der Waals surface area contributed by atoms with Gasteiger partial charge in [0, 0.05) is 43.7 Å². The first-order valence-electron chi connectivity index (χ1n) is 21.4. The van der Waals surface area contributed by atoms with Gasteiger partial charge in [-0.2, -0.15) is 0 Å². The third kappa shape index (κ3) is 10.5. The van der Waals surface area contributed by atoms with E-state index in [1.165, 1.54) is 7.11 Å². The van der Waals surface area contributed by atoms with E-state index in [1.807, 2.05) is 105 Å². The molecule has 1 aromatic carbocycles. The second-order valence-electron chi connectivity index (χ2n) is 18.2. The molecule has 0 spiro atoms. The third-order valence-corrected chi connectivity index (χ3v) is 13.3. The fourth-order valence-electron chi connectivity index (χ4n) is 9.74. The Labute approximate surface area is 351 Å². The number of aliphatic hydroxyl groups is 2. The molecule has 0 radical (unpaired) electrons. The Morgan fingerprint density at radius 1 is 0.932 bits per heavy atom. The van der Waals surface area contributed by atoms with Crippen LogP contribution < -0.4 is 0 Å². The van der Waals surface area contributed by atoms with Gasteiger partial charge >= 0.3 is 12.1 Å². The summed E-state index contributed by atoms with van der Waals surface area (Å²) in [5.41, 5.74) is -0.322. The molecule has 2 N–H and O–H groups in total. The van der Waals surface area contributed by atoms with Crippen molar-refractivity contribution < 1.29 is 62.4 Å². The minimum Gasteiger partial charge on any atom is -0.489 e. The first kappa shape index (κ1) is 47.2. The lowest BCUT2D eigenvalue weighted by molar-refractivity contribution is -0.317. The summed E-state index contributed by atoms with van der Waals surface area (Å²) < 4.78 is 57.2. The van der Waals surface area contributed by atoms with Crippen LogP contribution in [0.15, 0.2) is 41.7 Å². The number of methoxy groups -OCH3 is 1. The zero-order valence-corrected chi connectivity index (χ0v) is 37.4. The molecule has 0 aromatic heterocycles. The second-order valence-corrected chi connectivity index (χ2v) is 18.2. The fraction of sp³-hybridized carbons (Fsp3) is 0.778. The summed E-state index contributed by atoms with van der Waals surface area (Å²) in [5, 5.41) is 23.4. The molecule has 334 valence electrons. The van der Waals surface area contributed by atoms with Crippen molar-refractivity contribution in [1.29, 1.82) is 0 Å². The number of carbonyl (C=O) groups excluding carboxylic acids is 2. The van der Waals surface area contributed by atoms with Crippen LogP contribution in [0.1, 0.15) is 100 Å². The standard InChI is InChI=1S/C45H71NO13/c1-14-33-26(4)35(47)27(5)37-24(2)21-45(10,59-37)39(57-42-36(48)32(46(11)12)20-25(3)53-42)28(6)38(29(7)41(49)55-33)56-34-22-44(9,51-13)40(30(8)54-34)58-43(50)52-23-31-18-16-15-17-19-31/h15-19,25-30,32-36,38-40,42,47-48H,14,20-23H2,1-13H3/t25-,26+,27+,28+,29-,30+,32+,33+,34+,35+,36-,38-,39-,40+,42+,44-,45+/m1/s1. The van der Waals surface area contributed by atoms with Gasteiger partial charge < -0.3 is 57.7 Å². The molecular weight excluding hydrogens is 762 g/mol.